The molecule has 2 saturated carbocycles. The summed E-state index contributed by atoms with van der Waals surface area (Å²) in [5, 5.41) is 3.02. The van der Waals surface area contributed by atoms with E-state index in [0.717, 1.165) is 37.1 Å². The number of benzene rings is 1. The number of rotatable bonds is 8. The second-order valence-electron chi connectivity index (χ2n) is 9.80. The molecule has 1 aromatic carbocycles. The standard InChI is InChI=1S/C26H33F3N4O3/c1-17-23(33(16-30-17)12-13-36-22-10-5-11-22)31-24(34)18-6-4-9-21(15-18)32(2)25(35)19-7-3-8-20(14-19)26(27,28)29/h3,7-8,14,16,18,21-22H,4-6,9-13,15H2,1-2H3,(H,31,34)/t18-,21+/m0/s1. The number of aromatic nitrogens is 2. The van der Waals surface area contributed by atoms with Gasteiger partial charge in [-0.1, -0.05) is 12.5 Å². The van der Waals surface area contributed by atoms with Gasteiger partial charge in [-0.2, -0.15) is 13.2 Å². The number of amides is 2. The molecule has 0 radical (unpaired) electrons. The van der Waals surface area contributed by atoms with Gasteiger partial charge in [-0.25, -0.2) is 4.98 Å². The largest absolute Gasteiger partial charge is 0.416 e. The first-order valence-corrected chi connectivity index (χ1v) is 12.5. The molecule has 0 bridgehead atoms. The zero-order chi connectivity index (χ0) is 25.9. The van der Waals surface area contributed by atoms with Gasteiger partial charge in [0.05, 0.1) is 30.3 Å². The van der Waals surface area contributed by atoms with Gasteiger partial charge in [0.25, 0.3) is 5.91 Å². The normalized spacial score (nSPS) is 20.6. The molecule has 0 unspecified atom stereocenters. The summed E-state index contributed by atoms with van der Waals surface area (Å²) in [4.78, 5) is 31.9. The number of halogens is 3. The second kappa shape index (κ2) is 11.0. The Bertz CT molecular complexity index is 1080. The molecule has 196 valence electrons. The monoisotopic (exact) mass is 506 g/mol. The zero-order valence-corrected chi connectivity index (χ0v) is 20.7. The topological polar surface area (TPSA) is 76.5 Å². The summed E-state index contributed by atoms with van der Waals surface area (Å²) in [5.74, 6) is -0.279. The first-order valence-electron chi connectivity index (χ1n) is 12.5. The van der Waals surface area contributed by atoms with Gasteiger partial charge >= 0.3 is 6.18 Å². The zero-order valence-electron chi connectivity index (χ0n) is 20.7. The maximum Gasteiger partial charge on any atom is 0.416 e. The van der Waals surface area contributed by atoms with Crippen molar-refractivity contribution in [2.75, 3.05) is 19.0 Å². The summed E-state index contributed by atoms with van der Waals surface area (Å²) in [6.45, 7) is 2.98. The fourth-order valence-corrected chi connectivity index (χ4v) is 4.84. The van der Waals surface area contributed by atoms with Crippen LogP contribution in [0, 0.1) is 12.8 Å². The summed E-state index contributed by atoms with van der Waals surface area (Å²) in [7, 11) is 1.59. The van der Waals surface area contributed by atoms with Crippen LogP contribution >= 0.6 is 0 Å². The molecule has 7 nitrogen and oxygen atoms in total. The minimum absolute atomic E-state index is 0.0115. The number of hydrogen-bond donors (Lipinski definition) is 1. The lowest BCUT2D eigenvalue weighted by molar-refractivity contribution is -0.137. The van der Waals surface area contributed by atoms with Crippen LogP contribution in [0.25, 0.3) is 0 Å². The van der Waals surface area contributed by atoms with Gasteiger partial charge in [0, 0.05) is 31.1 Å². The third kappa shape index (κ3) is 6.08. The maximum absolute atomic E-state index is 13.2. The Morgan fingerprint density at radius 2 is 1.94 bits per heavy atom. The molecule has 2 fully saturated rings. The number of aryl methyl sites for hydroxylation is 1. The van der Waals surface area contributed by atoms with Gasteiger partial charge in [0.1, 0.15) is 5.82 Å². The summed E-state index contributed by atoms with van der Waals surface area (Å²) in [5.41, 5.74) is -0.147. The van der Waals surface area contributed by atoms with Crippen molar-refractivity contribution in [1.29, 1.82) is 0 Å². The highest BCUT2D eigenvalue weighted by Crippen LogP contribution is 2.32. The van der Waals surface area contributed by atoms with E-state index in [2.05, 4.69) is 10.3 Å². The number of nitrogens with zero attached hydrogens (tertiary/aromatic N) is 3. The summed E-state index contributed by atoms with van der Waals surface area (Å²) in [6.07, 6.45) is 3.49. The van der Waals surface area contributed by atoms with E-state index in [1.165, 1.54) is 23.5 Å². The maximum atomic E-state index is 13.2. The van der Waals surface area contributed by atoms with Crippen LogP contribution < -0.4 is 5.32 Å². The predicted molar refractivity (Wildman–Crippen MR) is 128 cm³/mol. The van der Waals surface area contributed by atoms with Crippen molar-refractivity contribution in [1.82, 2.24) is 14.5 Å². The number of hydrogen-bond acceptors (Lipinski definition) is 4. The molecule has 1 N–H and O–H groups in total. The van der Waals surface area contributed by atoms with E-state index in [-0.39, 0.29) is 23.4 Å². The van der Waals surface area contributed by atoms with Crippen molar-refractivity contribution >= 4 is 17.6 Å². The lowest BCUT2D eigenvalue weighted by Crippen LogP contribution is -2.42. The number of ether oxygens (including phenoxy) is 1. The first kappa shape index (κ1) is 26.2. The number of anilines is 1. The Kier molecular flexibility index (Phi) is 8.02. The van der Waals surface area contributed by atoms with Crippen molar-refractivity contribution in [3.05, 3.63) is 47.4 Å². The number of carbonyl (C=O) groups is 2. The van der Waals surface area contributed by atoms with Crippen LogP contribution in [-0.2, 0) is 22.3 Å². The van der Waals surface area contributed by atoms with Crippen LogP contribution in [-0.4, -0.2) is 52.1 Å². The van der Waals surface area contributed by atoms with Crippen molar-refractivity contribution in [3.8, 4) is 0 Å². The molecule has 0 aliphatic heterocycles. The SMILES string of the molecule is Cc1ncn(CCOC2CCC2)c1NC(=O)[C@H]1CCC[C@@H](N(C)C(=O)c2cccc(C(F)(F)F)c2)C1. The molecule has 1 heterocycles. The van der Waals surface area contributed by atoms with Gasteiger partial charge in [-0.05, 0) is 63.6 Å². The Balaban J connectivity index is 1.36. The molecule has 0 spiro atoms. The van der Waals surface area contributed by atoms with Crippen molar-refractivity contribution < 1.29 is 27.5 Å². The van der Waals surface area contributed by atoms with E-state index in [1.54, 1.807) is 13.4 Å². The van der Waals surface area contributed by atoms with E-state index in [1.807, 2.05) is 11.5 Å². The number of nitrogens with one attached hydrogen (secondary N) is 1. The van der Waals surface area contributed by atoms with E-state index >= 15 is 0 Å². The van der Waals surface area contributed by atoms with E-state index in [9.17, 15) is 22.8 Å². The van der Waals surface area contributed by atoms with Crippen LogP contribution in [0.2, 0.25) is 0 Å². The van der Waals surface area contributed by atoms with E-state index in [4.69, 9.17) is 4.74 Å². The molecular weight excluding hydrogens is 473 g/mol. The molecule has 2 aliphatic rings. The van der Waals surface area contributed by atoms with Gasteiger partial charge in [0.15, 0.2) is 0 Å². The third-order valence-electron chi connectivity index (χ3n) is 7.32. The quantitative estimate of drug-likeness (QED) is 0.544. The fourth-order valence-electron chi connectivity index (χ4n) is 4.84. The molecule has 4 rings (SSSR count). The highest BCUT2D eigenvalue weighted by atomic mass is 19.4. The van der Waals surface area contributed by atoms with Crippen molar-refractivity contribution in [2.24, 2.45) is 5.92 Å². The lowest BCUT2D eigenvalue weighted by Gasteiger charge is -2.35. The number of alkyl halides is 3. The van der Waals surface area contributed by atoms with Crippen LogP contribution in [0.5, 0.6) is 0 Å². The Hall–Kier alpha value is -2.88. The van der Waals surface area contributed by atoms with Crippen molar-refractivity contribution in [2.45, 2.75) is 76.7 Å². The van der Waals surface area contributed by atoms with Crippen LogP contribution in [0.3, 0.4) is 0 Å². The van der Waals surface area contributed by atoms with E-state index in [0.29, 0.717) is 44.3 Å². The van der Waals surface area contributed by atoms with Crippen LogP contribution in [0.15, 0.2) is 30.6 Å². The second-order valence-corrected chi connectivity index (χ2v) is 9.80. The average molecular weight is 507 g/mol. The average Bonchev–Trinajstić information content (AvgIpc) is 3.18. The van der Waals surface area contributed by atoms with Crippen molar-refractivity contribution in [3.63, 3.8) is 0 Å². The van der Waals surface area contributed by atoms with Crippen LogP contribution in [0.1, 0.15) is 66.6 Å². The summed E-state index contributed by atoms with van der Waals surface area (Å²) < 4.78 is 47.0. The van der Waals surface area contributed by atoms with E-state index < -0.39 is 17.6 Å². The molecule has 36 heavy (non-hydrogen) atoms. The molecule has 2 aromatic rings. The lowest BCUT2D eigenvalue weighted by atomic mass is 9.84. The summed E-state index contributed by atoms with van der Waals surface area (Å²) in [6, 6.07) is 4.22. The van der Waals surface area contributed by atoms with Gasteiger partial charge < -0.3 is 19.5 Å². The highest BCUT2D eigenvalue weighted by molar-refractivity contribution is 5.95. The number of carbonyl (C=O) groups excluding carboxylic acids is 2. The highest BCUT2D eigenvalue weighted by Gasteiger charge is 2.34. The Morgan fingerprint density at radius 3 is 2.64 bits per heavy atom. The van der Waals surface area contributed by atoms with Gasteiger partial charge in [-0.3, -0.25) is 9.59 Å². The molecule has 0 saturated heterocycles. The molecule has 1 aromatic heterocycles. The molecule has 10 heteroatoms. The molecular formula is C26H33F3N4O3. The minimum atomic E-state index is -4.52. The first-order chi connectivity index (χ1) is 17.1. The molecule has 2 amide bonds. The fraction of sp³-hybridized carbons (Fsp3) is 0.577. The minimum Gasteiger partial charge on any atom is -0.376 e. The molecule has 2 aliphatic carbocycles. The Labute approximate surface area is 209 Å². The third-order valence-corrected chi connectivity index (χ3v) is 7.32. The number of imidazole rings is 1. The van der Waals surface area contributed by atoms with Gasteiger partial charge in [-0.15, -0.1) is 0 Å². The van der Waals surface area contributed by atoms with Gasteiger partial charge in [0.2, 0.25) is 5.91 Å². The Morgan fingerprint density at radius 1 is 1.19 bits per heavy atom. The molecule has 2 atom stereocenters. The predicted octanol–water partition coefficient (Wildman–Crippen LogP) is 5.05. The smallest absolute Gasteiger partial charge is 0.376 e. The summed E-state index contributed by atoms with van der Waals surface area (Å²) >= 11 is 0. The van der Waals surface area contributed by atoms with Crippen LogP contribution in [0.4, 0.5) is 19.0 Å².